The summed E-state index contributed by atoms with van der Waals surface area (Å²) in [5.41, 5.74) is 7.01. The Kier molecular flexibility index (Phi) is 6.51. The molecule has 2 aromatic rings. The average Bonchev–Trinajstić information content (AvgIpc) is 2.61. The number of aryl methyl sites for hydroxylation is 1. The van der Waals surface area contributed by atoms with Crippen LogP contribution >= 0.6 is 0 Å². The van der Waals surface area contributed by atoms with Crippen molar-refractivity contribution in [3.05, 3.63) is 71.8 Å². The summed E-state index contributed by atoms with van der Waals surface area (Å²) < 4.78 is 0. The first kappa shape index (κ1) is 17.7. The summed E-state index contributed by atoms with van der Waals surface area (Å²) in [6, 6.07) is 17.7. The first-order valence-corrected chi connectivity index (χ1v) is 7.94. The van der Waals surface area contributed by atoms with E-state index in [-0.39, 0.29) is 0 Å². The molecule has 2 amide bonds. The maximum atomic E-state index is 12.1. The molecule has 0 bridgehead atoms. The molecule has 0 aromatic heterocycles. The van der Waals surface area contributed by atoms with E-state index in [2.05, 4.69) is 5.32 Å². The number of nitrogens with two attached hydrogens (primary N) is 1. The van der Waals surface area contributed by atoms with Crippen LogP contribution in [0.2, 0.25) is 0 Å². The van der Waals surface area contributed by atoms with Gasteiger partial charge in [-0.3, -0.25) is 9.59 Å². The van der Waals surface area contributed by atoms with Gasteiger partial charge in [0.2, 0.25) is 5.91 Å². The molecule has 5 heteroatoms. The number of nitrogens with one attached hydrogen (secondary N) is 1. The molecule has 4 N–H and O–H groups in total. The highest BCUT2D eigenvalue weighted by atomic mass is 16.3. The summed E-state index contributed by atoms with van der Waals surface area (Å²) in [5.74, 6) is -1.22. The molecule has 0 fully saturated rings. The SMILES string of the molecule is NC(=O)[C@@H](CCCc1ccccc1)NC(=O)[C@@H](O)c1ccccc1. The Hall–Kier alpha value is -2.66. The van der Waals surface area contributed by atoms with Crippen molar-refractivity contribution in [1.82, 2.24) is 5.32 Å². The van der Waals surface area contributed by atoms with Gasteiger partial charge >= 0.3 is 0 Å². The Morgan fingerprint density at radius 3 is 2.17 bits per heavy atom. The molecular weight excluding hydrogens is 304 g/mol. The molecule has 24 heavy (non-hydrogen) atoms. The van der Waals surface area contributed by atoms with Crippen molar-refractivity contribution >= 4 is 11.8 Å². The lowest BCUT2D eigenvalue weighted by molar-refractivity contribution is -0.133. The van der Waals surface area contributed by atoms with Crippen molar-refractivity contribution < 1.29 is 14.7 Å². The zero-order valence-corrected chi connectivity index (χ0v) is 13.4. The number of hydrogen-bond acceptors (Lipinski definition) is 3. The molecule has 0 saturated carbocycles. The van der Waals surface area contributed by atoms with Crippen molar-refractivity contribution in [2.24, 2.45) is 5.73 Å². The number of benzene rings is 2. The number of primary amides is 1. The molecule has 0 heterocycles. The van der Waals surface area contributed by atoms with Gasteiger partial charge in [0.05, 0.1) is 0 Å². The Morgan fingerprint density at radius 2 is 1.58 bits per heavy atom. The third-order valence-electron chi connectivity index (χ3n) is 3.82. The van der Waals surface area contributed by atoms with Gasteiger partial charge < -0.3 is 16.2 Å². The van der Waals surface area contributed by atoms with Crippen LogP contribution in [0.25, 0.3) is 0 Å². The zero-order chi connectivity index (χ0) is 17.4. The molecule has 0 spiro atoms. The smallest absolute Gasteiger partial charge is 0.254 e. The predicted molar refractivity (Wildman–Crippen MR) is 91.9 cm³/mol. The molecule has 0 aliphatic rings. The lowest BCUT2D eigenvalue weighted by Crippen LogP contribution is -2.46. The number of carbonyl (C=O) groups excluding carboxylic acids is 2. The van der Waals surface area contributed by atoms with E-state index >= 15 is 0 Å². The minimum absolute atomic E-state index is 0.428. The Morgan fingerprint density at radius 1 is 1.00 bits per heavy atom. The highest BCUT2D eigenvalue weighted by Gasteiger charge is 2.23. The van der Waals surface area contributed by atoms with E-state index in [1.54, 1.807) is 30.3 Å². The minimum atomic E-state index is -1.32. The summed E-state index contributed by atoms with van der Waals surface area (Å²) in [4.78, 5) is 23.7. The fraction of sp³-hybridized carbons (Fsp3) is 0.263. The minimum Gasteiger partial charge on any atom is -0.378 e. The molecular formula is C19H22N2O3. The molecule has 0 radical (unpaired) electrons. The van der Waals surface area contributed by atoms with Crippen LogP contribution < -0.4 is 11.1 Å². The summed E-state index contributed by atoms with van der Waals surface area (Å²) in [7, 11) is 0. The molecule has 2 aromatic carbocycles. The first-order chi connectivity index (χ1) is 11.6. The first-order valence-electron chi connectivity index (χ1n) is 7.94. The van der Waals surface area contributed by atoms with Crippen molar-refractivity contribution in [2.45, 2.75) is 31.4 Å². The number of rotatable bonds is 8. The fourth-order valence-corrected chi connectivity index (χ4v) is 2.48. The number of hydrogen-bond donors (Lipinski definition) is 3. The van der Waals surface area contributed by atoms with E-state index in [1.165, 1.54) is 0 Å². The van der Waals surface area contributed by atoms with E-state index < -0.39 is 24.0 Å². The standard InChI is InChI=1S/C19H22N2O3/c20-18(23)16(13-7-10-14-8-3-1-4-9-14)21-19(24)17(22)15-11-5-2-6-12-15/h1-6,8-9,11-12,16-17,22H,7,10,13H2,(H2,20,23)(H,21,24)/t16-,17+/m1/s1. The van der Waals surface area contributed by atoms with Crippen LogP contribution in [-0.4, -0.2) is 23.0 Å². The van der Waals surface area contributed by atoms with Crippen LogP contribution in [0.5, 0.6) is 0 Å². The van der Waals surface area contributed by atoms with E-state index in [1.807, 2.05) is 30.3 Å². The zero-order valence-electron chi connectivity index (χ0n) is 13.4. The van der Waals surface area contributed by atoms with Crippen molar-refractivity contribution in [3.63, 3.8) is 0 Å². The highest BCUT2D eigenvalue weighted by Crippen LogP contribution is 2.13. The van der Waals surface area contributed by atoms with E-state index in [4.69, 9.17) is 5.73 Å². The van der Waals surface area contributed by atoms with Crippen LogP contribution in [0, 0.1) is 0 Å². The number of carbonyl (C=O) groups is 2. The summed E-state index contributed by atoms with van der Waals surface area (Å²) in [6.45, 7) is 0. The highest BCUT2D eigenvalue weighted by molar-refractivity contribution is 5.88. The van der Waals surface area contributed by atoms with Gasteiger partial charge in [0.1, 0.15) is 6.04 Å². The lowest BCUT2D eigenvalue weighted by Gasteiger charge is -2.18. The lowest BCUT2D eigenvalue weighted by atomic mass is 10.0. The van der Waals surface area contributed by atoms with Crippen LogP contribution in [0.15, 0.2) is 60.7 Å². The third-order valence-corrected chi connectivity index (χ3v) is 3.82. The Labute approximate surface area is 141 Å². The Bertz CT molecular complexity index is 659. The second-order valence-corrected chi connectivity index (χ2v) is 5.65. The Balaban J connectivity index is 1.88. The second kappa shape index (κ2) is 8.84. The van der Waals surface area contributed by atoms with E-state index in [0.717, 1.165) is 12.0 Å². The van der Waals surface area contributed by atoms with Crippen LogP contribution in [0.3, 0.4) is 0 Å². The fourth-order valence-electron chi connectivity index (χ4n) is 2.48. The average molecular weight is 326 g/mol. The molecule has 5 nitrogen and oxygen atoms in total. The van der Waals surface area contributed by atoms with Gasteiger partial charge in [-0.2, -0.15) is 0 Å². The molecule has 0 saturated heterocycles. The van der Waals surface area contributed by atoms with Crippen LogP contribution in [0.4, 0.5) is 0 Å². The normalized spacial score (nSPS) is 13.0. The molecule has 0 aliphatic heterocycles. The van der Waals surface area contributed by atoms with Gasteiger partial charge in [-0.25, -0.2) is 0 Å². The van der Waals surface area contributed by atoms with Crippen molar-refractivity contribution in [1.29, 1.82) is 0 Å². The quantitative estimate of drug-likeness (QED) is 0.689. The van der Waals surface area contributed by atoms with Gasteiger partial charge in [0, 0.05) is 0 Å². The third kappa shape index (κ3) is 5.21. The number of amides is 2. The van der Waals surface area contributed by atoms with Crippen LogP contribution in [0.1, 0.15) is 30.1 Å². The van der Waals surface area contributed by atoms with Crippen LogP contribution in [-0.2, 0) is 16.0 Å². The summed E-state index contributed by atoms with van der Waals surface area (Å²) in [5, 5.41) is 12.6. The molecule has 126 valence electrons. The van der Waals surface area contributed by atoms with Gasteiger partial charge in [-0.15, -0.1) is 0 Å². The topological polar surface area (TPSA) is 92.4 Å². The van der Waals surface area contributed by atoms with E-state index in [9.17, 15) is 14.7 Å². The van der Waals surface area contributed by atoms with Gasteiger partial charge in [-0.05, 0) is 30.4 Å². The van der Waals surface area contributed by atoms with Gasteiger partial charge in [0.15, 0.2) is 6.10 Å². The monoisotopic (exact) mass is 326 g/mol. The predicted octanol–water partition coefficient (Wildman–Crippen LogP) is 1.71. The molecule has 2 atom stereocenters. The summed E-state index contributed by atoms with van der Waals surface area (Å²) >= 11 is 0. The van der Waals surface area contributed by atoms with E-state index in [0.29, 0.717) is 18.4 Å². The summed E-state index contributed by atoms with van der Waals surface area (Å²) in [6.07, 6.45) is 0.612. The van der Waals surface area contributed by atoms with Crippen molar-refractivity contribution in [3.8, 4) is 0 Å². The maximum Gasteiger partial charge on any atom is 0.254 e. The second-order valence-electron chi connectivity index (χ2n) is 5.65. The maximum absolute atomic E-state index is 12.1. The largest absolute Gasteiger partial charge is 0.378 e. The van der Waals surface area contributed by atoms with Gasteiger partial charge in [-0.1, -0.05) is 60.7 Å². The number of aliphatic hydroxyl groups excluding tert-OH is 1. The van der Waals surface area contributed by atoms with Gasteiger partial charge in [0.25, 0.3) is 5.91 Å². The molecule has 0 unspecified atom stereocenters. The van der Waals surface area contributed by atoms with Crippen molar-refractivity contribution in [2.75, 3.05) is 0 Å². The molecule has 2 rings (SSSR count). The molecule has 0 aliphatic carbocycles. The number of aliphatic hydroxyl groups is 1.